The molecular formula is C45H62F2N6O2. The molecule has 0 radical (unpaired) electrons. The number of carbonyl (C=O) groups is 1. The second kappa shape index (κ2) is 22.5. The van der Waals surface area contributed by atoms with Crippen molar-refractivity contribution < 1.29 is 18.3 Å². The van der Waals surface area contributed by atoms with Crippen LogP contribution in [0.25, 0.3) is 11.1 Å². The summed E-state index contributed by atoms with van der Waals surface area (Å²) in [5, 5.41) is 0. The van der Waals surface area contributed by atoms with Gasteiger partial charge < -0.3 is 26.8 Å². The average Bonchev–Trinajstić information content (AvgIpc) is 3.15. The van der Waals surface area contributed by atoms with Crippen molar-refractivity contribution in [2.75, 3.05) is 42.7 Å². The Balaban J connectivity index is 0.000000799. The summed E-state index contributed by atoms with van der Waals surface area (Å²) < 4.78 is 33.3. The molecule has 1 aliphatic heterocycles. The predicted molar refractivity (Wildman–Crippen MR) is 226 cm³/mol. The number of amidine groups is 1. The number of aliphatic imine (C=N–C) groups is 1. The Morgan fingerprint density at radius 1 is 0.909 bits per heavy atom. The first-order chi connectivity index (χ1) is 26.4. The van der Waals surface area contributed by atoms with Crippen LogP contribution in [0.2, 0.25) is 0 Å². The summed E-state index contributed by atoms with van der Waals surface area (Å²) in [7, 11) is 0. The van der Waals surface area contributed by atoms with Crippen molar-refractivity contribution in [3.63, 3.8) is 0 Å². The minimum atomic E-state index is -0.684. The van der Waals surface area contributed by atoms with E-state index in [2.05, 4.69) is 55.6 Å². The number of pyridine rings is 1. The van der Waals surface area contributed by atoms with Crippen molar-refractivity contribution >= 4 is 28.8 Å². The Morgan fingerprint density at radius 3 is 2.18 bits per heavy atom. The van der Waals surface area contributed by atoms with Gasteiger partial charge >= 0.3 is 0 Å². The highest BCUT2D eigenvalue weighted by Gasteiger charge is 2.18. The van der Waals surface area contributed by atoms with Gasteiger partial charge in [-0.15, -0.1) is 0 Å². The highest BCUT2D eigenvalue weighted by molar-refractivity contribution is 6.11. The van der Waals surface area contributed by atoms with Crippen molar-refractivity contribution in [3.05, 3.63) is 106 Å². The predicted octanol–water partition coefficient (Wildman–Crippen LogP) is 10.0. The van der Waals surface area contributed by atoms with Gasteiger partial charge in [-0.25, -0.2) is 8.78 Å². The van der Waals surface area contributed by atoms with E-state index in [9.17, 15) is 13.6 Å². The Morgan fingerprint density at radius 2 is 1.60 bits per heavy atom. The number of rotatable bonds is 13. The first-order valence-electron chi connectivity index (χ1n) is 19.8. The summed E-state index contributed by atoms with van der Waals surface area (Å²) in [6.07, 6.45) is 9.51. The molecule has 1 saturated heterocycles. The van der Waals surface area contributed by atoms with E-state index in [-0.39, 0.29) is 17.9 Å². The monoisotopic (exact) mass is 756 g/mol. The summed E-state index contributed by atoms with van der Waals surface area (Å²) in [5.74, 6) is -0.385. The molecule has 1 aromatic heterocycles. The van der Waals surface area contributed by atoms with Gasteiger partial charge in [-0.1, -0.05) is 54.9 Å². The van der Waals surface area contributed by atoms with Crippen LogP contribution in [0.3, 0.4) is 0 Å². The van der Waals surface area contributed by atoms with Gasteiger partial charge in [0.1, 0.15) is 17.5 Å². The number of carbonyl (C=O) groups excluding carboxylic acids is 1. The minimum Gasteiger partial charge on any atom is -0.398 e. The highest BCUT2D eigenvalue weighted by Crippen LogP contribution is 2.32. The fourth-order valence-electron chi connectivity index (χ4n) is 6.40. The zero-order chi connectivity index (χ0) is 40.5. The summed E-state index contributed by atoms with van der Waals surface area (Å²) in [5.41, 5.74) is 24.9. The maximum absolute atomic E-state index is 14.1. The molecule has 298 valence electrons. The number of aryl methyl sites for hydroxylation is 1. The molecule has 0 aliphatic carbocycles. The lowest BCUT2D eigenvalue weighted by atomic mass is 9.92. The van der Waals surface area contributed by atoms with Gasteiger partial charge in [0.25, 0.3) is 5.91 Å². The summed E-state index contributed by atoms with van der Waals surface area (Å²) in [6.45, 7) is 18.8. The van der Waals surface area contributed by atoms with E-state index in [1.165, 1.54) is 31.2 Å². The van der Waals surface area contributed by atoms with Gasteiger partial charge in [0.2, 0.25) is 0 Å². The van der Waals surface area contributed by atoms with Crippen LogP contribution in [-0.4, -0.2) is 43.0 Å². The van der Waals surface area contributed by atoms with E-state index in [1.54, 1.807) is 24.4 Å². The molecule has 10 heteroatoms. The Kier molecular flexibility index (Phi) is 18.3. The van der Waals surface area contributed by atoms with Gasteiger partial charge in [0.05, 0.1) is 5.69 Å². The van der Waals surface area contributed by atoms with Gasteiger partial charge in [-0.3, -0.25) is 9.78 Å². The van der Waals surface area contributed by atoms with Crippen molar-refractivity contribution in [1.29, 1.82) is 0 Å². The van der Waals surface area contributed by atoms with Gasteiger partial charge in [0, 0.05) is 72.8 Å². The standard InChI is InChI=1S/C37H44F2N6O.C6H12O.C2H6/c1-5-7-25-17-31(45(11-6-2)12-10-23(3)4)8-9-32(25)37(46)44-36(42)34-18-26(13-24-14-28(38)19-29(39)15-24)33(20-35(34)41)27-16-30(40)22-43-21-27;1-6-2-4-7-5-3-6;1-2/h8-9,14-23H,5-7,10-13,40-41H2,1-4H3,(H2,42,44,46);6H,2-5H2,1H3;1-2H3. The molecule has 4 aromatic rings. The number of ether oxygens (including phenoxy) is 1. The first kappa shape index (κ1) is 44.6. The number of nitrogens with two attached hydrogens (primary N) is 3. The molecule has 55 heavy (non-hydrogen) atoms. The van der Waals surface area contributed by atoms with Gasteiger partial charge in [-0.05, 0) is 121 Å². The number of nitrogens with zero attached hydrogens (tertiary/aromatic N) is 3. The van der Waals surface area contributed by atoms with Crippen LogP contribution >= 0.6 is 0 Å². The summed E-state index contributed by atoms with van der Waals surface area (Å²) in [6, 6.07) is 14.4. The van der Waals surface area contributed by atoms with E-state index in [4.69, 9.17) is 21.9 Å². The van der Waals surface area contributed by atoms with Crippen LogP contribution in [0.5, 0.6) is 0 Å². The zero-order valence-corrected chi connectivity index (χ0v) is 33.9. The number of amides is 1. The molecule has 1 aliphatic rings. The average molecular weight is 757 g/mol. The third kappa shape index (κ3) is 13.8. The lowest BCUT2D eigenvalue weighted by molar-refractivity contribution is 0.0716. The Labute approximate surface area is 327 Å². The quantitative estimate of drug-likeness (QED) is 0.0703. The molecule has 8 nitrogen and oxygen atoms in total. The third-order valence-electron chi connectivity index (χ3n) is 9.34. The number of nitrogen functional groups attached to an aromatic ring is 2. The molecule has 0 spiro atoms. The molecule has 2 heterocycles. The normalized spacial score (nSPS) is 13.1. The molecule has 0 bridgehead atoms. The third-order valence-corrected chi connectivity index (χ3v) is 9.34. The molecule has 5 rings (SSSR count). The largest absolute Gasteiger partial charge is 0.398 e. The maximum atomic E-state index is 14.1. The van der Waals surface area contributed by atoms with Crippen LogP contribution < -0.4 is 22.1 Å². The molecular weight excluding hydrogens is 695 g/mol. The number of hydrogen-bond acceptors (Lipinski definition) is 6. The van der Waals surface area contributed by atoms with Crippen LogP contribution in [-0.2, 0) is 17.6 Å². The van der Waals surface area contributed by atoms with Crippen molar-refractivity contribution in [2.24, 2.45) is 22.6 Å². The molecule has 1 fully saturated rings. The molecule has 0 unspecified atom stereocenters. The van der Waals surface area contributed by atoms with E-state index >= 15 is 0 Å². The van der Waals surface area contributed by atoms with E-state index in [0.29, 0.717) is 51.4 Å². The van der Waals surface area contributed by atoms with E-state index in [0.717, 1.165) is 68.8 Å². The fourth-order valence-corrected chi connectivity index (χ4v) is 6.40. The second-order valence-electron chi connectivity index (χ2n) is 14.4. The first-order valence-corrected chi connectivity index (χ1v) is 19.8. The number of halogens is 2. The Hall–Kier alpha value is -4.83. The number of benzene rings is 3. The molecule has 3 aromatic carbocycles. The molecule has 6 N–H and O–H groups in total. The minimum absolute atomic E-state index is 0.0532. The van der Waals surface area contributed by atoms with Crippen molar-refractivity contribution in [3.8, 4) is 11.1 Å². The van der Waals surface area contributed by atoms with E-state index < -0.39 is 17.5 Å². The van der Waals surface area contributed by atoms with Gasteiger partial charge in [-0.2, -0.15) is 4.99 Å². The summed E-state index contributed by atoms with van der Waals surface area (Å²) >= 11 is 0. The van der Waals surface area contributed by atoms with Crippen LogP contribution in [0.4, 0.5) is 25.8 Å². The molecule has 1 amide bonds. The van der Waals surface area contributed by atoms with Crippen LogP contribution in [0.15, 0.2) is 72.0 Å². The maximum Gasteiger partial charge on any atom is 0.279 e. The van der Waals surface area contributed by atoms with Crippen molar-refractivity contribution in [1.82, 2.24) is 4.98 Å². The number of aromatic nitrogens is 1. The Bertz CT molecular complexity index is 1840. The molecule has 0 saturated carbocycles. The van der Waals surface area contributed by atoms with Crippen LogP contribution in [0.1, 0.15) is 113 Å². The number of anilines is 3. The molecule has 0 atom stereocenters. The lowest BCUT2D eigenvalue weighted by Gasteiger charge is -2.26. The van der Waals surface area contributed by atoms with Gasteiger partial charge in [0.15, 0.2) is 0 Å². The fraction of sp³-hybridized carbons (Fsp3) is 0.444. The topological polar surface area (TPSA) is 133 Å². The number of hydrogen-bond donors (Lipinski definition) is 3. The zero-order valence-electron chi connectivity index (χ0n) is 33.9. The SMILES string of the molecule is CC.CC1CCOCC1.CCCc1cc(N(CCC)CCC(C)C)ccc1C(=O)N=C(N)c1cc(Cc2cc(F)cc(F)c2)c(-c2cncc(N)c2)cc1N. The highest BCUT2D eigenvalue weighted by atomic mass is 19.1. The van der Waals surface area contributed by atoms with Crippen molar-refractivity contribution in [2.45, 2.75) is 93.4 Å². The summed E-state index contributed by atoms with van der Waals surface area (Å²) in [4.78, 5) is 24.5. The van der Waals surface area contributed by atoms with Crippen LogP contribution in [0, 0.1) is 23.5 Å². The van der Waals surface area contributed by atoms with E-state index in [1.807, 2.05) is 26.0 Å². The lowest BCUT2D eigenvalue weighted by Crippen LogP contribution is -2.26. The smallest absolute Gasteiger partial charge is 0.279 e. The second-order valence-corrected chi connectivity index (χ2v) is 14.4.